The number of hydrogen-bond donors (Lipinski definition) is 1. The second kappa shape index (κ2) is 7.30. The third-order valence-corrected chi connectivity index (χ3v) is 5.03. The van der Waals surface area contributed by atoms with E-state index in [1.165, 1.54) is 21.9 Å². The van der Waals surface area contributed by atoms with Gasteiger partial charge < -0.3 is 5.32 Å². The summed E-state index contributed by atoms with van der Waals surface area (Å²) >= 11 is 7.31. The molecule has 4 aromatic rings. The number of nitrogens with zero attached hydrogens (tertiary/aromatic N) is 3. The van der Waals surface area contributed by atoms with Crippen LogP contribution in [0.2, 0.25) is 5.02 Å². The van der Waals surface area contributed by atoms with Gasteiger partial charge in [0.2, 0.25) is 4.96 Å². The molecule has 2 heterocycles. The smallest absolute Gasteiger partial charge is 0.275 e. The normalized spacial score (nSPS) is 10.9. The Bertz CT molecular complexity index is 1190. The van der Waals surface area contributed by atoms with Gasteiger partial charge in [-0.1, -0.05) is 53.3 Å². The summed E-state index contributed by atoms with van der Waals surface area (Å²) in [6.45, 7) is 0.157. The Labute approximate surface area is 163 Å². The van der Waals surface area contributed by atoms with Gasteiger partial charge in [0, 0.05) is 22.2 Å². The third-order valence-electron chi connectivity index (χ3n) is 3.84. The van der Waals surface area contributed by atoms with Crippen LogP contribution in [0.25, 0.3) is 15.5 Å². The molecular formula is C19H13ClN4O2S. The van der Waals surface area contributed by atoms with Crippen molar-refractivity contribution in [3.63, 3.8) is 0 Å². The highest BCUT2D eigenvalue weighted by Gasteiger charge is 2.12. The predicted octanol–water partition coefficient (Wildman–Crippen LogP) is 3.40. The van der Waals surface area contributed by atoms with Crippen LogP contribution in [0.4, 0.5) is 0 Å². The SMILES string of the molecule is O=C(NCc1cc(=O)n2nc(-c3cccc(Cl)c3)sc2n1)c1ccccc1. The molecule has 27 heavy (non-hydrogen) atoms. The Kier molecular flexibility index (Phi) is 4.70. The van der Waals surface area contributed by atoms with Crippen LogP contribution in [0.15, 0.2) is 65.5 Å². The lowest BCUT2D eigenvalue weighted by Crippen LogP contribution is -2.25. The zero-order chi connectivity index (χ0) is 18.8. The molecule has 2 aromatic heterocycles. The van der Waals surface area contributed by atoms with Gasteiger partial charge >= 0.3 is 0 Å². The predicted molar refractivity (Wildman–Crippen MR) is 105 cm³/mol. The Morgan fingerprint density at radius 2 is 1.93 bits per heavy atom. The molecule has 4 rings (SSSR count). The molecule has 0 saturated heterocycles. The van der Waals surface area contributed by atoms with E-state index in [4.69, 9.17) is 11.6 Å². The summed E-state index contributed by atoms with van der Waals surface area (Å²) in [6, 6.07) is 17.5. The fourth-order valence-corrected chi connectivity index (χ4v) is 3.66. The minimum atomic E-state index is -0.298. The van der Waals surface area contributed by atoms with Crippen molar-refractivity contribution >= 4 is 33.8 Å². The number of carbonyl (C=O) groups is 1. The minimum Gasteiger partial charge on any atom is -0.346 e. The van der Waals surface area contributed by atoms with Crippen LogP contribution in [0.5, 0.6) is 0 Å². The summed E-state index contributed by atoms with van der Waals surface area (Å²) in [5.41, 5.74) is 1.55. The molecule has 0 spiro atoms. The van der Waals surface area contributed by atoms with E-state index >= 15 is 0 Å². The maximum Gasteiger partial charge on any atom is 0.275 e. The summed E-state index contributed by atoms with van der Waals surface area (Å²) in [5.74, 6) is -0.221. The molecular weight excluding hydrogens is 384 g/mol. The summed E-state index contributed by atoms with van der Waals surface area (Å²) < 4.78 is 1.25. The lowest BCUT2D eigenvalue weighted by Gasteiger charge is -2.04. The quantitative estimate of drug-likeness (QED) is 0.573. The van der Waals surface area contributed by atoms with Crippen LogP contribution >= 0.6 is 22.9 Å². The third kappa shape index (κ3) is 3.74. The van der Waals surface area contributed by atoms with Crippen molar-refractivity contribution in [1.82, 2.24) is 19.9 Å². The highest BCUT2D eigenvalue weighted by molar-refractivity contribution is 7.19. The number of hydrogen-bond acceptors (Lipinski definition) is 5. The molecule has 1 amide bonds. The molecule has 0 aliphatic heterocycles. The Balaban J connectivity index is 1.60. The van der Waals surface area contributed by atoms with Gasteiger partial charge in [-0.25, -0.2) is 4.98 Å². The maximum atomic E-state index is 12.4. The second-order valence-electron chi connectivity index (χ2n) is 5.75. The molecule has 0 fully saturated rings. The van der Waals surface area contributed by atoms with Gasteiger partial charge in [-0.15, -0.1) is 0 Å². The molecule has 1 N–H and O–H groups in total. The van der Waals surface area contributed by atoms with Crippen molar-refractivity contribution in [2.75, 3.05) is 0 Å². The van der Waals surface area contributed by atoms with Gasteiger partial charge in [0.1, 0.15) is 5.01 Å². The van der Waals surface area contributed by atoms with E-state index in [1.807, 2.05) is 18.2 Å². The maximum absolute atomic E-state index is 12.4. The molecule has 2 aromatic carbocycles. The van der Waals surface area contributed by atoms with Crippen LogP contribution in [0.3, 0.4) is 0 Å². The number of carbonyl (C=O) groups excluding carboxylic acids is 1. The van der Waals surface area contributed by atoms with Gasteiger partial charge in [0.05, 0.1) is 12.2 Å². The molecule has 0 unspecified atom stereocenters. The van der Waals surface area contributed by atoms with Crippen molar-refractivity contribution in [1.29, 1.82) is 0 Å². The number of halogens is 1. The van der Waals surface area contributed by atoms with Crippen molar-refractivity contribution in [3.05, 3.63) is 87.3 Å². The number of fused-ring (bicyclic) bond motifs is 1. The first kappa shape index (κ1) is 17.4. The van der Waals surface area contributed by atoms with Crippen LogP contribution in [-0.2, 0) is 6.54 Å². The molecule has 0 atom stereocenters. The van der Waals surface area contributed by atoms with Crippen molar-refractivity contribution < 1.29 is 4.79 Å². The molecule has 0 aliphatic carbocycles. The van der Waals surface area contributed by atoms with Crippen LogP contribution < -0.4 is 10.9 Å². The number of aromatic nitrogens is 3. The molecule has 0 saturated carbocycles. The van der Waals surface area contributed by atoms with Gasteiger partial charge in [-0.2, -0.15) is 9.61 Å². The van der Waals surface area contributed by atoms with E-state index in [0.717, 1.165) is 5.56 Å². The Morgan fingerprint density at radius 1 is 1.11 bits per heavy atom. The molecule has 0 radical (unpaired) electrons. The van der Waals surface area contributed by atoms with E-state index in [9.17, 15) is 9.59 Å². The molecule has 0 aliphatic rings. The first-order valence-electron chi connectivity index (χ1n) is 8.09. The minimum absolute atomic E-state index is 0.157. The topological polar surface area (TPSA) is 76.4 Å². The van der Waals surface area contributed by atoms with E-state index in [-0.39, 0.29) is 18.0 Å². The van der Waals surface area contributed by atoms with E-state index in [0.29, 0.717) is 26.2 Å². The lowest BCUT2D eigenvalue weighted by molar-refractivity contribution is 0.0950. The number of amides is 1. The molecule has 0 bridgehead atoms. The first-order chi connectivity index (χ1) is 13.1. The second-order valence-corrected chi connectivity index (χ2v) is 7.14. The lowest BCUT2D eigenvalue weighted by atomic mass is 10.2. The average molecular weight is 397 g/mol. The van der Waals surface area contributed by atoms with Crippen LogP contribution in [-0.4, -0.2) is 20.5 Å². The molecule has 8 heteroatoms. The zero-order valence-corrected chi connectivity index (χ0v) is 15.5. The Morgan fingerprint density at radius 3 is 2.70 bits per heavy atom. The van der Waals surface area contributed by atoms with Crippen LogP contribution in [0, 0.1) is 0 Å². The summed E-state index contributed by atoms with van der Waals surface area (Å²) in [5, 5.41) is 8.33. The van der Waals surface area contributed by atoms with Crippen molar-refractivity contribution in [2.24, 2.45) is 0 Å². The van der Waals surface area contributed by atoms with Crippen molar-refractivity contribution in [3.8, 4) is 10.6 Å². The summed E-state index contributed by atoms with van der Waals surface area (Å²) in [6.07, 6.45) is 0. The van der Waals surface area contributed by atoms with Gasteiger partial charge in [0.25, 0.3) is 11.5 Å². The fourth-order valence-electron chi connectivity index (χ4n) is 2.55. The van der Waals surface area contributed by atoms with Crippen molar-refractivity contribution in [2.45, 2.75) is 6.54 Å². The summed E-state index contributed by atoms with van der Waals surface area (Å²) in [7, 11) is 0. The van der Waals surface area contributed by atoms with E-state index in [2.05, 4.69) is 15.4 Å². The number of nitrogens with one attached hydrogen (secondary N) is 1. The number of rotatable bonds is 4. The fraction of sp³-hybridized carbons (Fsp3) is 0.0526. The standard InChI is InChI=1S/C19H13ClN4O2S/c20-14-8-4-7-13(9-14)18-23-24-16(25)10-15(22-19(24)27-18)11-21-17(26)12-5-2-1-3-6-12/h1-10H,11H2,(H,21,26). The Hall–Kier alpha value is -3.03. The average Bonchev–Trinajstić information content (AvgIpc) is 3.12. The highest BCUT2D eigenvalue weighted by atomic mass is 35.5. The molecule has 6 nitrogen and oxygen atoms in total. The summed E-state index contributed by atoms with van der Waals surface area (Å²) in [4.78, 5) is 29.4. The van der Waals surface area contributed by atoms with Crippen LogP contribution in [0.1, 0.15) is 16.1 Å². The van der Waals surface area contributed by atoms with E-state index in [1.54, 1.807) is 36.4 Å². The first-order valence-corrected chi connectivity index (χ1v) is 9.28. The van der Waals surface area contributed by atoms with Gasteiger partial charge in [0.15, 0.2) is 0 Å². The van der Waals surface area contributed by atoms with E-state index < -0.39 is 0 Å². The highest BCUT2D eigenvalue weighted by Crippen LogP contribution is 2.26. The monoisotopic (exact) mass is 396 g/mol. The molecule has 134 valence electrons. The van der Waals surface area contributed by atoms with Gasteiger partial charge in [-0.3, -0.25) is 9.59 Å². The zero-order valence-electron chi connectivity index (χ0n) is 13.9. The number of benzene rings is 2. The van der Waals surface area contributed by atoms with Gasteiger partial charge in [-0.05, 0) is 24.3 Å². The largest absolute Gasteiger partial charge is 0.346 e.